The number of methoxy groups -OCH3 is 3. The van der Waals surface area contributed by atoms with Crippen molar-refractivity contribution in [3.8, 4) is 5.75 Å². The Balaban J connectivity index is 1.34. The summed E-state index contributed by atoms with van der Waals surface area (Å²) in [6.07, 6.45) is 4.79. The zero-order valence-electron chi connectivity index (χ0n) is 31.8. The lowest BCUT2D eigenvalue weighted by Crippen LogP contribution is -2.68. The fourth-order valence-corrected chi connectivity index (χ4v) is 12.2. The van der Waals surface area contributed by atoms with E-state index in [0.29, 0.717) is 31.6 Å². The molecule has 10 atom stereocenters. The van der Waals surface area contributed by atoms with E-state index in [-0.39, 0.29) is 48.3 Å². The van der Waals surface area contributed by atoms with Gasteiger partial charge >= 0.3 is 11.9 Å². The molecule has 4 aromatic rings. The number of allylic oxidation sites excluding steroid dienone is 1. The van der Waals surface area contributed by atoms with Crippen LogP contribution in [0.15, 0.2) is 48.0 Å². The average Bonchev–Trinajstić information content (AvgIpc) is 3.73. The van der Waals surface area contributed by atoms with Crippen LogP contribution in [-0.4, -0.2) is 103 Å². The Kier molecular flexibility index (Phi) is 8.53. The number of nitrogens with zero attached hydrogens (tertiary/aromatic N) is 1. The van der Waals surface area contributed by atoms with Gasteiger partial charge in [0, 0.05) is 82.7 Å². The molecule has 1 unspecified atom stereocenters. The van der Waals surface area contributed by atoms with Crippen LogP contribution in [0.1, 0.15) is 67.1 Å². The molecule has 54 heavy (non-hydrogen) atoms. The SMILES string of the molecule is C/C=C1/CN[C@H]2Cc3c([nH]c4ccccc34)[C@@H](c3c(OC)ccc4c5c([nH]c34)[C@]3(C(=O)OC)C[C@H]4C[C@H]([C@H](C)O)[C@@H]3N(CC5)C4)C[C@H]1[C@]2(CO)C(=O)OC. The van der Waals surface area contributed by atoms with E-state index in [1.54, 1.807) is 7.11 Å². The summed E-state index contributed by atoms with van der Waals surface area (Å²) in [6, 6.07) is 11.9. The number of carbonyl (C=O) groups is 2. The maximum absolute atomic E-state index is 14.4. The van der Waals surface area contributed by atoms with Gasteiger partial charge in [0.2, 0.25) is 0 Å². The monoisotopic (exact) mass is 736 g/mol. The number of nitrogens with one attached hydrogen (secondary N) is 3. The summed E-state index contributed by atoms with van der Waals surface area (Å²) >= 11 is 0. The Labute approximate surface area is 315 Å². The first kappa shape index (κ1) is 35.5. The number of H-pyrrole nitrogens is 2. The second kappa shape index (κ2) is 13.0. The number of carbonyl (C=O) groups excluding carboxylic acids is 2. The quantitative estimate of drug-likeness (QED) is 0.143. The average molecular weight is 737 g/mol. The highest BCUT2D eigenvalue weighted by Crippen LogP contribution is 2.58. The minimum absolute atomic E-state index is 0.0699. The van der Waals surface area contributed by atoms with Gasteiger partial charge < -0.3 is 39.7 Å². The van der Waals surface area contributed by atoms with Gasteiger partial charge in [-0.15, -0.1) is 0 Å². The minimum atomic E-state index is -1.23. The Morgan fingerprint density at radius 2 is 1.83 bits per heavy atom. The van der Waals surface area contributed by atoms with Gasteiger partial charge in [-0.3, -0.25) is 14.5 Å². The fraction of sp³-hybridized carbons (Fsp3) is 0.535. The summed E-state index contributed by atoms with van der Waals surface area (Å²) in [7, 11) is 4.58. The summed E-state index contributed by atoms with van der Waals surface area (Å²) in [5.41, 5.74) is 5.85. The molecule has 4 fully saturated rings. The standard InChI is InChI=1S/C43H52N4O7/c1-6-24-19-44-34-17-29-25-9-7-8-10-32(25)45-36(29)30(16-31(24)43(34,21-48)41(51)54-5)35-33(52-3)12-11-26-27-13-14-47-20-23-15-28(22(2)49)39(47)42(18-23,40(50)53-4)38(27)46-37(26)35/h6-12,22-23,28,30-31,34,39,44-46,48-49H,13-21H2,1-5H3/b24-6-/t22-,23+,28+,30+,31+,34-,39-,42+,43-/m0/s1. The lowest BCUT2D eigenvalue weighted by Gasteiger charge is -2.58. The highest BCUT2D eigenvalue weighted by Gasteiger charge is 2.64. The van der Waals surface area contributed by atoms with Crippen LogP contribution in [0.2, 0.25) is 0 Å². The number of para-hydroxylation sites is 1. The van der Waals surface area contributed by atoms with E-state index in [0.717, 1.165) is 81.4 Å². The molecule has 5 N–H and O–H groups in total. The predicted molar refractivity (Wildman–Crippen MR) is 205 cm³/mol. The normalized spacial score (nSPS) is 34.1. The third-order valence-corrected chi connectivity index (χ3v) is 14.4. The summed E-state index contributed by atoms with van der Waals surface area (Å²) < 4.78 is 17.5. The van der Waals surface area contributed by atoms with E-state index in [9.17, 15) is 19.8 Å². The third-order valence-electron chi connectivity index (χ3n) is 14.4. The first-order valence-electron chi connectivity index (χ1n) is 19.6. The number of esters is 2. The van der Waals surface area contributed by atoms with Gasteiger partial charge in [-0.05, 0) is 81.2 Å². The molecule has 1 saturated carbocycles. The van der Waals surface area contributed by atoms with E-state index in [1.165, 1.54) is 14.2 Å². The molecule has 4 aliphatic heterocycles. The molecule has 6 aliphatic rings. The maximum atomic E-state index is 14.4. The van der Waals surface area contributed by atoms with Crippen molar-refractivity contribution in [1.29, 1.82) is 0 Å². The first-order valence-corrected chi connectivity index (χ1v) is 19.6. The van der Waals surface area contributed by atoms with Crippen LogP contribution in [0.5, 0.6) is 5.75 Å². The molecule has 0 spiro atoms. The molecule has 0 amide bonds. The van der Waals surface area contributed by atoms with E-state index in [1.807, 2.05) is 32.0 Å². The van der Waals surface area contributed by atoms with Gasteiger partial charge in [-0.1, -0.05) is 29.8 Å². The summed E-state index contributed by atoms with van der Waals surface area (Å²) in [5.74, 6) is -0.453. The largest absolute Gasteiger partial charge is 0.496 e. The second-order valence-electron chi connectivity index (χ2n) is 16.5. The minimum Gasteiger partial charge on any atom is -0.496 e. The van der Waals surface area contributed by atoms with Crippen molar-refractivity contribution in [1.82, 2.24) is 20.2 Å². The number of rotatable bonds is 6. The Bertz CT molecular complexity index is 2190. The molecule has 11 heteroatoms. The van der Waals surface area contributed by atoms with Crippen molar-refractivity contribution in [2.75, 3.05) is 47.6 Å². The highest BCUT2D eigenvalue weighted by molar-refractivity contribution is 5.95. The lowest BCUT2D eigenvalue weighted by molar-refractivity contribution is -0.166. The molecule has 3 saturated heterocycles. The summed E-state index contributed by atoms with van der Waals surface area (Å²) in [5, 5.41) is 28.3. The lowest BCUT2D eigenvalue weighted by atomic mass is 9.56. The number of aliphatic hydroxyl groups is 2. The van der Waals surface area contributed by atoms with Crippen molar-refractivity contribution in [2.45, 2.75) is 75.5 Å². The predicted octanol–water partition coefficient (Wildman–Crippen LogP) is 4.48. The Morgan fingerprint density at radius 1 is 1.04 bits per heavy atom. The summed E-state index contributed by atoms with van der Waals surface area (Å²) in [4.78, 5) is 38.8. The number of ether oxygens (including phenoxy) is 3. The number of aliphatic hydroxyl groups excluding tert-OH is 2. The number of aromatic amines is 2. The molecule has 6 bridgehead atoms. The number of aromatic nitrogens is 2. The van der Waals surface area contributed by atoms with Gasteiger partial charge in [-0.2, -0.15) is 0 Å². The third kappa shape index (κ3) is 4.67. The van der Waals surface area contributed by atoms with Crippen molar-refractivity contribution in [2.24, 2.45) is 23.2 Å². The number of piperidine rings is 3. The van der Waals surface area contributed by atoms with Crippen molar-refractivity contribution in [3.63, 3.8) is 0 Å². The molecule has 11 nitrogen and oxygen atoms in total. The maximum Gasteiger partial charge on any atom is 0.319 e. The first-order chi connectivity index (χ1) is 26.2. The van der Waals surface area contributed by atoms with Gasteiger partial charge in [-0.25, -0.2) is 0 Å². The molecule has 2 aliphatic carbocycles. The van der Waals surface area contributed by atoms with E-state index >= 15 is 0 Å². The van der Waals surface area contributed by atoms with Crippen LogP contribution in [-0.2, 0) is 37.3 Å². The highest BCUT2D eigenvalue weighted by atomic mass is 16.5. The van der Waals surface area contributed by atoms with Gasteiger partial charge in [0.05, 0.1) is 39.6 Å². The fourth-order valence-electron chi connectivity index (χ4n) is 12.2. The second-order valence-corrected chi connectivity index (χ2v) is 16.5. The van der Waals surface area contributed by atoms with E-state index < -0.39 is 22.9 Å². The Hall–Kier alpha value is -4.16. The zero-order valence-corrected chi connectivity index (χ0v) is 31.8. The van der Waals surface area contributed by atoms with Crippen molar-refractivity contribution >= 4 is 33.7 Å². The molecule has 10 rings (SSSR count). The van der Waals surface area contributed by atoms with Crippen molar-refractivity contribution < 1.29 is 34.0 Å². The molecule has 286 valence electrons. The van der Waals surface area contributed by atoms with Crippen molar-refractivity contribution in [3.05, 3.63) is 76.1 Å². The van der Waals surface area contributed by atoms with Crippen LogP contribution in [0.25, 0.3) is 21.8 Å². The zero-order chi connectivity index (χ0) is 37.7. The van der Waals surface area contributed by atoms with E-state index in [4.69, 9.17) is 14.2 Å². The molecule has 0 radical (unpaired) electrons. The molecular weight excluding hydrogens is 684 g/mol. The van der Waals surface area contributed by atoms with Gasteiger partial charge in [0.25, 0.3) is 0 Å². The number of hydrogen-bond acceptors (Lipinski definition) is 9. The topological polar surface area (TPSA) is 149 Å². The molecule has 2 aromatic carbocycles. The summed E-state index contributed by atoms with van der Waals surface area (Å²) in [6.45, 7) is 5.77. The number of hydrogen-bond donors (Lipinski definition) is 5. The molecular formula is C43H52N4O7. The molecule has 6 heterocycles. The number of benzene rings is 2. The van der Waals surface area contributed by atoms with Crippen LogP contribution in [0.3, 0.4) is 0 Å². The smallest absolute Gasteiger partial charge is 0.319 e. The van der Waals surface area contributed by atoms with Crippen LogP contribution >= 0.6 is 0 Å². The Morgan fingerprint density at radius 3 is 2.56 bits per heavy atom. The van der Waals surface area contributed by atoms with E-state index in [2.05, 4.69) is 44.5 Å². The van der Waals surface area contributed by atoms with Crippen LogP contribution < -0.4 is 10.1 Å². The van der Waals surface area contributed by atoms with Crippen LogP contribution in [0, 0.1) is 23.2 Å². The molecule has 2 aromatic heterocycles. The van der Waals surface area contributed by atoms with Gasteiger partial charge in [0.1, 0.15) is 16.6 Å². The van der Waals surface area contributed by atoms with Gasteiger partial charge in [0.15, 0.2) is 0 Å². The van der Waals surface area contributed by atoms with Crippen LogP contribution in [0.4, 0.5) is 0 Å². The number of fused-ring (bicyclic) bond motifs is 9.